The molecule has 0 aliphatic carbocycles. The largest absolute Gasteiger partial charge is 0.493 e. The number of halogens is 2. The molecule has 1 aliphatic rings. The molecule has 1 N–H and O–H groups in total. The van der Waals surface area contributed by atoms with Crippen LogP contribution in [0.25, 0.3) is 6.08 Å². The third-order valence-electron chi connectivity index (χ3n) is 5.37. The van der Waals surface area contributed by atoms with Gasteiger partial charge in [0.15, 0.2) is 11.5 Å². The summed E-state index contributed by atoms with van der Waals surface area (Å²) in [5.74, 6) is -0.802. The molecule has 4 rings (SSSR count). The maximum absolute atomic E-state index is 13.0. The van der Waals surface area contributed by atoms with Gasteiger partial charge in [0.2, 0.25) is 5.91 Å². The maximum Gasteiger partial charge on any atom is 0.339 e. The fourth-order valence-corrected chi connectivity index (χ4v) is 6.19. The molecule has 1 saturated heterocycles. The first-order chi connectivity index (χ1) is 18.5. The third-order valence-corrected chi connectivity index (χ3v) is 8.47. The van der Waals surface area contributed by atoms with Crippen molar-refractivity contribution in [3.63, 3.8) is 0 Å². The number of nitrogens with one attached hydrogen (secondary N) is 1. The summed E-state index contributed by atoms with van der Waals surface area (Å²) in [4.78, 5) is 37.9. The van der Waals surface area contributed by atoms with Crippen molar-refractivity contribution in [2.75, 3.05) is 12.4 Å². The molecule has 9 nitrogen and oxygen atoms in total. The van der Waals surface area contributed by atoms with E-state index in [1.165, 1.54) is 56.5 Å². The molecule has 202 valence electrons. The van der Waals surface area contributed by atoms with Gasteiger partial charge in [-0.3, -0.25) is 19.3 Å². The number of benzene rings is 3. The molecule has 0 aromatic heterocycles. The summed E-state index contributed by atoms with van der Waals surface area (Å²) in [6.07, 6.45) is 1.50. The summed E-state index contributed by atoms with van der Waals surface area (Å²) in [5, 5.41) is 2.57. The number of hydrogen-bond donors (Lipinski definition) is 1. The van der Waals surface area contributed by atoms with Crippen molar-refractivity contribution in [2.24, 2.45) is 0 Å². The zero-order valence-electron chi connectivity index (χ0n) is 20.4. The highest BCUT2D eigenvalue weighted by Crippen LogP contribution is 2.41. The number of carbonyl (C=O) groups excluding carboxylic acids is 3. The minimum Gasteiger partial charge on any atom is -0.493 e. The van der Waals surface area contributed by atoms with Crippen LogP contribution in [0.4, 0.5) is 10.5 Å². The Morgan fingerprint density at radius 2 is 1.82 bits per heavy atom. The zero-order valence-corrected chi connectivity index (χ0v) is 24.4. The first-order valence-corrected chi connectivity index (χ1v) is 14.6. The van der Waals surface area contributed by atoms with Gasteiger partial charge in [-0.15, -0.1) is 0 Å². The maximum atomic E-state index is 13.0. The molecule has 0 spiro atoms. The number of imide groups is 1. The molecule has 0 radical (unpaired) electrons. The second kappa shape index (κ2) is 11.8. The van der Waals surface area contributed by atoms with E-state index in [9.17, 15) is 22.8 Å². The van der Waals surface area contributed by atoms with Crippen LogP contribution in [0.15, 0.2) is 74.9 Å². The van der Waals surface area contributed by atoms with E-state index in [0.717, 1.165) is 16.7 Å². The molecule has 1 heterocycles. The van der Waals surface area contributed by atoms with Gasteiger partial charge in [-0.1, -0.05) is 29.8 Å². The van der Waals surface area contributed by atoms with Crippen molar-refractivity contribution >= 4 is 78.2 Å². The molecule has 3 aromatic carbocycles. The van der Waals surface area contributed by atoms with E-state index in [4.69, 9.17) is 20.5 Å². The molecule has 0 bridgehead atoms. The van der Waals surface area contributed by atoms with Gasteiger partial charge in [0, 0.05) is 17.6 Å². The molecule has 0 atom stereocenters. The summed E-state index contributed by atoms with van der Waals surface area (Å²) >= 11 is 10.3. The molecular weight excluding hydrogens is 632 g/mol. The van der Waals surface area contributed by atoms with Crippen molar-refractivity contribution in [1.29, 1.82) is 0 Å². The number of hydrogen-bond acceptors (Lipinski definition) is 8. The van der Waals surface area contributed by atoms with E-state index in [-0.39, 0.29) is 38.2 Å². The van der Waals surface area contributed by atoms with Gasteiger partial charge in [-0.2, -0.15) is 8.42 Å². The number of amides is 3. The first kappa shape index (κ1) is 28.7. The van der Waals surface area contributed by atoms with Crippen LogP contribution in [0.2, 0.25) is 5.02 Å². The second-order valence-corrected chi connectivity index (χ2v) is 11.9. The molecule has 1 aliphatic heterocycles. The normalized spacial score (nSPS) is 14.6. The van der Waals surface area contributed by atoms with Crippen LogP contribution in [0, 0.1) is 0 Å². The van der Waals surface area contributed by atoms with E-state index in [1.54, 1.807) is 24.3 Å². The van der Waals surface area contributed by atoms with Crippen LogP contribution in [0.5, 0.6) is 11.5 Å². The number of anilines is 1. The monoisotopic (exact) mass is 650 g/mol. The summed E-state index contributed by atoms with van der Waals surface area (Å²) < 4.78 is 36.8. The van der Waals surface area contributed by atoms with Gasteiger partial charge >= 0.3 is 10.1 Å². The molecule has 1 fully saturated rings. The van der Waals surface area contributed by atoms with E-state index < -0.39 is 21.3 Å². The Kier molecular flexibility index (Phi) is 8.70. The Balaban J connectivity index is 1.57. The molecule has 3 amide bonds. The van der Waals surface area contributed by atoms with Crippen LogP contribution in [-0.4, -0.2) is 37.5 Å². The van der Waals surface area contributed by atoms with Gasteiger partial charge in [-0.05, 0) is 87.4 Å². The summed E-state index contributed by atoms with van der Waals surface area (Å²) in [6, 6.07) is 15.4. The van der Waals surface area contributed by atoms with Crippen molar-refractivity contribution in [1.82, 2.24) is 4.90 Å². The van der Waals surface area contributed by atoms with E-state index in [2.05, 4.69) is 21.2 Å². The molecule has 0 unspecified atom stereocenters. The highest BCUT2D eigenvalue weighted by molar-refractivity contribution is 9.10. The van der Waals surface area contributed by atoms with Crippen molar-refractivity contribution in [3.05, 3.63) is 86.2 Å². The van der Waals surface area contributed by atoms with Crippen LogP contribution in [0.3, 0.4) is 0 Å². The summed E-state index contributed by atoms with van der Waals surface area (Å²) in [5.41, 5.74) is 1.53. The van der Waals surface area contributed by atoms with Gasteiger partial charge in [-0.25, -0.2) is 0 Å². The predicted molar refractivity (Wildman–Crippen MR) is 152 cm³/mol. The van der Waals surface area contributed by atoms with Gasteiger partial charge < -0.3 is 14.2 Å². The Bertz CT molecular complexity index is 1610. The smallest absolute Gasteiger partial charge is 0.339 e. The van der Waals surface area contributed by atoms with Crippen LogP contribution >= 0.6 is 39.3 Å². The Morgan fingerprint density at radius 1 is 1.13 bits per heavy atom. The number of ether oxygens (including phenoxy) is 1. The Hall–Kier alpha value is -3.32. The highest BCUT2D eigenvalue weighted by Gasteiger charge is 2.35. The van der Waals surface area contributed by atoms with Crippen LogP contribution < -0.4 is 14.2 Å². The fourth-order valence-electron chi connectivity index (χ4n) is 3.55. The standard InChI is InChI=1S/C26H20BrClN2O7S2/c1-15(31)29-18-7-9-19(10-8-18)39(34,35)37-24-20(27)11-16(12-22(24)36-2)13-23-25(32)30(26(33)38-23)14-17-5-3-4-6-21(17)28/h3-13H,14H2,1-2H3,(H,29,31)/b23-13-. The van der Waals surface area contributed by atoms with E-state index in [1.807, 2.05) is 0 Å². The van der Waals surface area contributed by atoms with Gasteiger partial charge in [0.05, 0.1) is 23.0 Å². The topological polar surface area (TPSA) is 119 Å². The quantitative estimate of drug-likeness (QED) is 0.230. The lowest BCUT2D eigenvalue weighted by Crippen LogP contribution is -2.27. The van der Waals surface area contributed by atoms with Crippen molar-refractivity contribution in [3.8, 4) is 11.5 Å². The minimum absolute atomic E-state index is 0.0329. The SMILES string of the molecule is COc1cc(/C=C2\SC(=O)N(Cc3ccccc3Cl)C2=O)cc(Br)c1OS(=O)(=O)c1ccc(NC(C)=O)cc1. The predicted octanol–water partition coefficient (Wildman–Crippen LogP) is 6.07. The zero-order chi connectivity index (χ0) is 28.3. The van der Waals surface area contributed by atoms with E-state index in [0.29, 0.717) is 21.8 Å². The average Bonchev–Trinajstić information content (AvgIpc) is 3.14. The second-order valence-electron chi connectivity index (χ2n) is 8.14. The lowest BCUT2D eigenvalue weighted by atomic mass is 10.1. The van der Waals surface area contributed by atoms with Gasteiger partial charge in [0.25, 0.3) is 11.1 Å². The van der Waals surface area contributed by atoms with E-state index >= 15 is 0 Å². The molecule has 39 heavy (non-hydrogen) atoms. The van der Waals surface area contributed by atoms with Crippen molar-refractivity contribution < 1.29 is 31.7 Å². The molecule has 0 saturated carbocycles. The van der Waals surface area contributed by atoms with Crippen LogP contribution in [-0.2, 0) is 26.3 Å². The molecule has 13 heteroatoms. The van der Waals surface area contributed by atoms with Gasteiger partial charge in [0.1, 0.15) is 4.90 Å². The lowest BCUT2D eigenvalue weighted by molar-refractivity contribution is -0.123. The van der Waals surface area contributed by atoms with Crippen molar-refractivity contribution in [2.45, 2.75) is 18.4 Å². The summed E-state index contributed by atoms with van der Waals surface area (Å²) in [6.45, 7) is 1.37. The Labute approximate surface area is 242 Å². The Morgan fingerprint density at radius 3 is 2.46 bits per heavy atom. The number of rotatable bonds is 8. The molecular formula is C26H20BrClN2O7S2. The van der Waals surface area contributed by atoms with Crippen LogP contribution in [0.1, 0.15) is 18.1 Å². The highest BCUT2D eigenvalue weighted by atomic mass is 79.9. The summed E-state index contributed by atoms with van der Waals surface area (Å²) in [7, 11) is -2.93. The number of methoxy groups -OCH3 is 1. The number of carbonyl (C=O) groups is 3. The lowest BCUT2D eigenvalue weighted by Gasteiger charge is -2.14. The minimum atomic E-state index is -4.26. The number of thioether (sulfide) groups is 1. The fraction of sp³-hybridized carbons (Fsp3) is 0.115. The first-order valence-electron chi connectivity index (χ1n) is 11.2. The molecule has 3 aromatic rings. The third kappa shape index (κ3) is 6.64. The number of nitrogens with zero attached hydrogens (tertiary/aromatic N) is 1. The average molecular weight is 652 g/mol.